The van der Waals surface area contributed by atoms with E-state index in [4.69, 9.17) is 0 Å². The predicted octanol–water partition coefficient (Wildman–Crippen LogP) is 2.69. The Morgan fingerprint density at radius 1 is 1.57 bits per heavy atom. The van der Waals surface area contributed by atoms with Crippen LogP contribution in [0.25, 0.3) is 0 Å². The summed E-state index contributed by atoms with van der Waals surface area (Å²) in [6.07, 6.45) is 2.63. The zero-order valence-electron chi connectivity index (χ0n) is 8.16. The van der Waals surface area contributed by atoms with Crippen molar-refractivity contribution in [3.63, 3.8) is 0 Å². The number of benzene rings is 1. The molecule has 1 aromatic rings. The standard InChI is InChI=1S/C12H13FO/c1-8(7-14)9-5-6-11-10(9)3-2-4-12(11)13/h2-4,7-9H,5-6H2,1H3. The van der Waals surface area contributed by atoms with Crippen LogP contribution >= 0.6 is 0 Å². The number of carbonyl (C=O) groups is 1. The van der Waals surface area contributed by atoms with Gasteiger partial charge in [-0.2, -0.15) is 0 Å². The Bertz CT molecular complexity index is 359. The first kappa shape index (κ1) is 9.38. The van der Waals surface area contributed by atoms with Crippen LogP contribution in [0.4, 0.5) is 4.39 Å². The lowest BCUT2D eigenvalue weighted by Gasteiger charge is -2.14. The minimum atomic E-state index is -0.122. The number of carbonyl (C=O) groups excluding carboxylic acids is 1. The first-order chi connectivity index (χ1) is 6.74. The van der Waals surface area contributed by atoms with Gasteiger partial charge in [-0.05, 0) is 36.0 Å². The molecule has 0 spiro atoms. The largest absolute Gasteiger partial charge is 0.303 e. The molecule has 0 N–H and O–H groups in total. The van der Waals surface area contributed by atoms with E-state index in [9.17, 15) is 9.18 Å². The minimum Gasteiger partial charge on any atom is -0.303 e. The molecule has 0 aromatic heterocycles. The van der Waals surface area contributed by atoms with Gasteiger partial charge < -0.3 is 4.79 Å². The Hall–Kier alpha value is -1.18. The summed E-state index contributed by atoms with van der Waals surface area (Å²) in [5, 5.41) is 0. The molecule has 2 unspecified atom stereocenters. The zero-order chi connectivity index (χ0) is 10.1. The topological polar surface area (TPSA) is 17.1 Å². The van der Waals surface area contributed by atoms with Gasteiger partial charge in [-0.1, -0.05) is 19.1 Å². The van der Waals surface area contributed by atoms with Crippen molar-refractivity contribution in [2.45, 2.75) is 25.7 Å². The van der Waals surface area contributed by atoms with Crippen molar-refractivity contribution < 1.29 is 9.18 Å². The van der Waals surface area contributed by atoms with E-state index in [2.05, 4.69) is 0 Å². The van der Waals surface area contributed by atoms with E-state index >= 15 is 0 Å². The van der Waals surface area contributed by atoms with Gasteiger partial charge in [0.25, 0.3) is 0 Å². The molecule has 1 aromatic carbocycles. The molecule has 2 rings (SSSR count). The van der Waals surface area contributed by atoms with Gasteiger partial charge in [0.2, 0.25) is 0 Å². The number of rotatable bonds is 2. The molecule has 0 fully saturated rings. The minimum absolute atomic E-state index is 0.00181. The Labute approximate surface area is 82.9 Å². The average Bonchev–Trinajstić information content (AvgIpc) is 2.62. The summed E-state index contributed by atoms with van der Waals surface area (Å²) in [5.41, 5.74) is 1.84. The fourth-order valence-corrected chi connectivity index (χ4v) is 2.28. The summed E-state index contributed by atoms with van der Waals surface area (Å²) in [6, 6.07) is 5.16. The second-order valence-electron chi connectivity index (χ2n) is 3.95. The fourth-order valence-electron chi connectivity index (χ4n) is 2.28. The van der Waals surface area contributed by atoms with Gasteiger partial charge >= 0.3 is 0 Å². The van der Waals surface area contributed by atoms with Crippen molar-refractivity contribution in [3.05, 3.63) is 35.1 Å². The average molecular weight is 192 g/mol. The van der Waals surface area contributed by atoms with E-state index < -0.39 is 0 Å². The third-order valence-electron chi connectivity index (χ3n) is 3.11. The highest BCUT2D eigenvalue weighted by Crippen LogP contribution is 2.38. The molecule has 0 bridgehead atoms. The van der Waals surface area contributed by atoms with Gasteiger partial charge in [0, 0.05) is 5.92 Å². The monoisotopic (exact) mass is 192 g/mol. The normalized spacial score (nSPS) is 21.7. The zero-order valence-corrected chi connectivity index (χ0v) is 8.16. The molecule has 2 heteroatoms. The highest BCUT2D eigenvalue weighted by atomic mass is 19.1. The summed E-state index contributed by atoms with van der Waals surface area (Å²) in [4.78, 5) is 10.7. The van der Waals surface area contributed by atoms with Crippen LogP contribution in [0.5, 0.6) is 0 Å². The summed E-state index contributed by atoms with van der Waals surface area (Å²) >= 11 is 0. The van der Waals surface area contributed by atoms with Crippen LogP contribution in [0, 0.1) is 11.7 Å². The van der Waals surface area contributed by atoms with Gasteiger partial charge in [-0.15, -0.1) is 0 Å². The molecule has 0 saturated carbocycles. The van der Waals surface area contributed by atoms with Gasteiger partial charge in [0.05, 0.1) is 0 Å². The molecular formula is C12H13FO. The van der Waals surface area contributed by atoms with E-state index in [0.717, 1.165) is 30.3 Å². The van der Waals surface area contributed by atoms with Crippen molar-refractivity contribution in [1.82, 2.24) is 0 Å². The van der Waals surface area contributed by atoms with Crippen molar-refractivity contribution >= 4 is 6.29 Å². The molecule has 1 aliphatic rings. The quantitative estimate of drug-likeness (QED) is 0.658. The Kier molecular flexibility index (Phi) is 2.36. The Morgan fingerprint density at radius 3 is 3.07 bits per heavy atom. The van der Waals surface area contributed by atoms with Crippen LogP contribution in [-0.4, -0.2) is 6.29 Å². The molecule has 0 aliphatic heterocycles. The predicted molar refractivity (Wildman–Crippen MR) is 52.7 cm³/mol. The van der Waals surface area contributed by atoms with Crippen LogP contribution < -0.4 is 0 Å². The van der Waals surface area contributed by atoms with E-state index in [-0.39, 0.29) is 17.7 Å². The lowest BCUT2D eigenvalue weighted by Crippen LogP contribution is -2.07. The number of hydrogen-bond acceptors (Lipinski definition) is 1. The van der Waals surface area contributed by atoms with Crippen LogP contribution in [0.15, 0.2) is 18.2 Å². The summed E-state index contributed by atoms with van der Waals surface area (Å²) in [5.74, 6) is 0.0966. The van der Waals surface area contributed by atoms with Crippen molar-refractivity contribution in [2.75, 3.05) is 0 Å². The molecule has 0 saturated heterocycles. The van der Waals surface area contributed by atoms with Crippen molar-refractivity contribution in [2.24, 2.45) is 5.92 Å². The molecular weight excluding hydrogens is 179 g/mol. The number of hydrogen-bond donors (Lipinski definition) is 0. The highest BCUT2D eigenvalue weighted by molar-refractivity contribution is 5.56. The third kappa shape index (κ3) is 1.35. The maximum Gasteiger partial charge on any atom is 0.126 e. The number of fused-ring (bicyclic) bond motifs is 1. The lowest BCUT2D eigenvalue weighted by atomic mass is 9.90. The molecule has 0 heterocycles. The van der Waals surface area contributed by atoms with E-state index in [1.807, 2.05) is 13.0 Å². The van der Waals surface area contributed by atoms with Gasteiger partial charge in [0.15, 0.2) is 0 Å². The SMILES string of the molecule is CC(C=O)C1CCc2c(F)cccc21. The molecule has 0 radical (unpaired) electrons. The molecule has 14 heavy (non-hydrogen) atoms. The fraction of sp³-hybridized carbons (Fsp3) is 0.417. The van der Waals surface area contributed by atoms with Crippen LogP contribution in [0.2, 0.25) is 0 Å². The molecule has 0 amide bonds. The van der Waals surface area contributed by atoms with E-state index in [1.165, 1.54) is 6.07 Å². The van der Waals surface area contributed by atoms with E-state index in [0.29, 0.717) is 0 Å². The maximum absolute atomic E-state index is 13.3. The third-order valence-corrected chi connectivity index (χ3v) is 3.11. The summed E-state index contributed by atoms with van der Waals surface area (Å²) < 4.78 is 13.3. The molecule has 74 valence electrons. The molecule has 1 aliphatic carbocycles. The van der Waals surface area contributed by atoms with Gasteiger partial charge in [-0.25, -0.2) is 4.39 Å². The van der Waals surface area contributed by atoms with Gasteiger partial charge in [-0.3, -0.25) is 0 Å². The van der Waals surface area contributed by atoms with Crippen LogP contribution in [0.3, 0.4) is 0 Å². The second-order valence-corrected chi connectivity index (χ2v) is 3.95. The lowest BCUT2D eigenvalue weighted by molar-refractivity contribution is -0.111. The first-order valence-corrected chi connectivity index (χ1v) is 4.96. The van der Waals surface area contributed by atoms with Crippen LogP contribution in [-0.2, 0) is 11.2 Å². The summed E-state index contributed by atoms with van der Waals surface area (Å²) in [7, 11) is 0. The highest BCUT2D eigenvalue weighted by Gasteiger charge is 2.28. The number of halogens is 1. The summed E-state index contributed by atoms with van der Waals surface area (Å²) in [6.45, 7) is 1.90. The first-order valence-electron chi connectivity index (χ1n) is 4.96. The van der Waals surface area contributed by atoms with Crippen molar-refractivity contribution in [1.29, 1.82) is 0 Å². The maximum atomic E-state index is 13.3. The van der Waals surface area contributed by atoms with Crippen molar-refractivity contribution in [3.8, 4) is 0 Å². The van der Waals surface area contributed by atoms with Crippen LogP contribution in [0.1, 0.15) is 30.4 Å². The second kappa shape index (κ2) is 3.52. The van der Waals surface area contributed by atoms with Gasteiger partial charge in [0.1, 0.15) is 12.1 Å². The van der Waals surface area contributed by atoms with E-state index in [1.54, 1.807) is 6.07 Å². The Morgan fingerprint density at radius 2 is 2.36 bits per heavy atom. The molecule has 2 atom stereocenters. The number of aldehydes is 1. The molecule has 1 nitrogen and oxygen atoms in total. The Balaban J connectivity index is 2.39. The smallest absolute Gasteiger partial charge is 0.126 e.